The number of amides is 2. The minimum atomic E-state index is -0.318. The molecular weight excluding hydrogens is 242 g/mol. The van der Waals surface area contributed by atoms with Crippen LogP contribution in [0.1, 0.15) is 52.4 Å². The highest BCUT2D eigenvalue weighted by molar-refractivity contribution is 5.79. The van der Waals surface area contributed by atoms with Gasteiger partial charge in [-0.1, -0.05) is 0 Å². The van der Waals surface area contributed by atoms with Gasteiger partial charge in [0.05, 0.1) is 0 Å². The molecule has 0 aliphatic carbocycles. The van der Waals surface area contributed by atoms with Crippen LogP contribution in [-0.2, 0) is 9.59 Å². The molecule has 3 N–H and O–H groups in total. The average molecular weight is 269 g/mol. The Morgan fingerprint density at radius 3 is 2.37 bits per heavy atom. The van der Waals surface area contributed by atoms with Crippen molar-refractivity contribution in [2.24, 2.45) is 5.73 Å². The fourth-order valence-electron chi connectivity index (χ4n) is 2.13. The predicted octanol–water partition coefficient (Wildman–Crippen LogP) is 1.02. The number of carbonyl (C=O) groups excluding carboxylic acids is 2. The zero-order valence-electron chi connectivity index (χ0n) is 12.2. The van der Waals surface area contributed by atoms with Crippen LogP contribution in [0.25, 0.3) is 0 Å². The summed E-state index contributed by atoms with van der Waals surface area (Å²) >= 11 is 0. The van der Waals surface area contributed by atoms with Gasteiger partial charge in [-0.15, -0.1) is 0 Å². The Hall–Kier alpha value is -1.10. The van der Waals surface area contributed by atoms with E-state index < -0.39 is 0 Å². The van der Waals surface area contributed by atoms with Gasteiger partial charge in [0.25, 0.3) is 0 Å². The van der Waals surface area contributed by atoms with Crippen LogP contribution in [0, 0.1) is 0 Å². The molecule has 0 aromatic heterocycles. The zero-order chi connectivity index (χ0) is 14.3. The molecule has 0 saturated carbocycles. The minimum Gasteiger partial charge on any atom is -0.356 e. The van der Waals surface area contributed by atoms with Crippen molar-refractivity contribution < 1.29 is 9.59 Å². The van der Waals surface area contributed by atoms with Crippen LogP contribution in [0.15, 0.2) is 0 Å². The van der Waals surface area contributed by atoms with Gasteiger partial charge in [-0.25, -0.2) is 0 Å². The van der Waals surface area contributed by atoms with E-state index in [2.05, 4.69) is 5.32 Å². The lowest BCUT2D eigenvalue weighted by Crippen LogP contribution is -2.38. The van der Waals surface area contributed by atoms with E-state index >= 15 is 0 Å². The van der Waals surface area contributed by atoms with E-state index in [1.165, 1.54) is 6.42 Å². The molecule has 0 bridgehead atoms. The van der Waals surface area contributed by atoms with Crippen molar-refractivity contribution in [1.29, 1.82) is 0 Å². The third-order valence-electron chi connectivity index (χ3n) is 3.37. The van der Waals surface area contributed by atoms with Gasteiger partial charge in [-0.2, -0.15) is 0 Å². The van der Waals surface area contributed by atoms with Gasteiger partial charge in [0.1, 0.15) is 0 Å². The molecule has 0 radical (unpaired) electrons. The number of piperidine rings is 1. The second-order valence-corrected chi connectivity index (χ2v) is 6.03. The molecule has 0 spiro atoms. The molecule has 1 saturated heterocycles. The lowest BCUT2D eigenvalue weighted by Gasteiger charge is -2.26. The molecule has 1 fully saturated rings. The molecule has 5 heteroatoms. The van der Waals surface area contributed by atoms with Gasteiger partial charge in [0, 0.05) is 38.0 Å². The summed E-state index contributed by atoms with van der Waals surface area (Å²) in [6.07, 6.45) is 4.89. The van der Waals surface area contributed by atoms with E-state index in [-0.39, 0.29) is 17.4 Å². The number of hydrogen-bond acceptors (Lipinski definition) is 3. The number of hydrogen-bond donors (Lipinski definition) is 2. The average Bonchev–Trinajstić information content (AvgIpc) is 2.36. The zero-order valence-corrected chi connectivity index (χ0v) is 12.2. The van der Waals surface area contributed by atoms with Crippen molar-refractivity contribution in [3.8, 4) is 0 Å². The number of rotatable bonds is 6. The summed E-state index contributed by atoms with van der Waals surface area (Å²) in [7, 11) is 0. The van der Waals surface area contributed by atoms with Crippen molar-refractivity contribution >= 4 is 11.8 Å². The highest BCUT2D eigenvalue weighted by atomic mass is 16.2. The Bertz CT molecular complexity index is 304. The molecule has 0 aromatic carbocycles. The van der Waals surface area contributed by atoms with E-state index in [1.54, 1.807) is 0 Å². The summed E-state index contributed by atoms with van der Waals surface area (Å²) in [6.45, 7) is 5.97. The van der Waals surface area contributed by atoms with Crippen molar-refractivity contribution in [3.05, 3.63) is 0 Å². The molecule has 1 rings (SSSR count). The molecule has 1 aliphatic rings. The Kier molecular flexibility index (Phi) is 6.28. The monoisotopic (exact) mass is 269 g/mol. The largest absolute Gasteiger partial charge is 0.356 e. The van der Waals surface area contributed by atoms with E-state index in [1.807, 2.05) is 18.7 Å². The number of nitrogens with zero attached hydrogens (tertiary/aromatic N) is 1. The number of likely N-dealkylation sites (tertiary alicyclic amines) is 1. The summed E-state index contributed by atoms with van der Waals surface area (Å²) in [6, 6.07) is 0. The van der Waals surface area contributed by atoms with Crippen LogP contribution < -0.4 is 11.1 Å². The lowest BCUT2D eigenvalue weighted by molar-refractivity contribution is -0.132. The van der Waals surface area contributed by atoms with Crippen LogP contribution in [0.4, 0.5) is 0 Å². The summed E-state index contributed by atoms with van der Waals surface area (Å²) in [5, 5.41) is 2.78. The fraction of sp³-hybridized carbons (Fsp3) is 0.857. The van der Waals surface area contributed by atoms with Gasteiger partial charge >= 0.3 is 0 Å². The van der Waals surface area contributed by atoms with Crippen molar-refractivity contribution in [1.82, 2.24) is 10.2 Å². The van der Waals surface area contributed by atoms with Crippen LogP contribution >= 0.6 is 0 Å². The fourth-order valence-corrected chi connectivity index (χ4v) is 2.13. The van der Waals surface area contributed by atoms with E-state index in [0.717, 1.165) is 25.9 Å². The highest BCUT2D eigenvalue weighted by Crippen LogP contribution is 2.09. The van der Waals surface area contributed by atoms with Crippen LogP contribution in [-0.4, -0.2) is 41.9 Å². The van der Waals surface area contributed by atoms with Gasteiger partial charge in [0.15, 0.2) is 0 Å². The topological polar surface area (TPSA) is 75.4 Å². The quantitative estimate of drug-likeness (QED) is 0.756. The molecule has 0 unspecified atom stereocenters. The molecule has 1 aliphatic heterocycles. The predicted molar refractivity (Wildman–Crippen MR) is 75.6 cm³/mol. The summed E-state index contributed by atoms with van der Waals surface area (Å²) in [5.41, 5.74) is 5.50. The smallest absolute Gasteiger partial charge is 0.224 e. The second kappa shape index (κ2) is 7.48. The maximum absolute atomic E-state index is 11.9. The van der Waals surface area contributed by atoms with Crippen LogP contribution in [0.2, 0.25) is 0 Å². The molecular formula is C14H27N3O2. The minimum absolute atomic E-state index is 0.0232. The molecule has 19 heavy (non-hydrogen) atoms. The van der Waals surface area contributed by atoms with Gasteiger partial charge in [0.2, 0.25) is 11.8 Å². The summed E-state index contributed by atoms with van der Waals surface area (Å²) in [5.74, 6) is 0.129. The van der Waals surface area contributed by atoms with Crippen molar-refractivity contribution in [3.63, 3.8) is 0 Å². The SMILES string of the molecule is CC(C)(N)CCC(=O)NCCC(=O)N1CCCCC1. The van der Waals surface area contributed by atoms with Gasteiger partial charge < -0.3 is 16.0 Å². The normalized spacial score (nSPS) is 16.3. The maximum Gasteiger partial charge on any atom is 0.224 e. The molecule has 110 valence electrons. The Morgan fingerprint density at radius 2 is 1.79 bits per heavy atom. The van der Waals surface area contributed by atoms with Crippen molar-refractivity contribution in [2.75, 3.05) is 19.6 Å². The van der Waals surface area contributed by atoms with Gasteiger partial charge in [-0.3, -0.25) is 9.59 Å². The molecule has 5 nitrogen and oxygen atoms in total. The van der Waals surface area contributed by atoms with E-state index in [9.17, 15) is 9.59 Å². The molecule has 2 amide bonds. The first-order chi connectivity index (χ1) is 8.88. The Labute approximate surface area is 115 Å². The number of nitrogens with one attached hydrogen (secondary N) is 1. The van der Waals surface area contributed by atoms with Crippen LogP contribution in [0.5, 0.6) is 0 Å². The Morgan fingerprint density at radius 1 is 1.16 bits per heavy atom. The Balaban J connectivity index is 2.12. The van der Waals surface area contributed by atoms with E-state index in [4.69, 9.17) is 5.73 Å². The third kappa shape index (κ3) is 7.15. The van der Waals surface area contributed by atoms with Crippen molar-refractivity contribution in [2.45, 2.75) is 57.9 Å². The second-order valence-electron chi connectivity index (χ2n) is 6.03. The standard InChI is InChI=1S/C14H27N3O2/c1-14(2,15)8-6-12(18)16-9-7-13(19)17-10-4-3-5-11-17/h3-11,15H2,1-2H3,(H,16,18). The first-order valence-electron chi connectivity index (χ1n) is 7.22. The number of carbonyl (C=O) groups is 2. The summed E-state index contributed by atoms with van der Waals surface area (Å²) in [4.78, 5) is 25.3. The van der Waals surface area contributed by atoms with Crippen LogP contribution in [0.3, 0.4) is 0 Å². The van der Waals surface area contributed by atoms with Gasteiger partial charge in [-0.05, 0) is 39.5 Å². The lowest BCUT2D eigenvalue weighted by atomic mass is 10.00. The van der Waals surface area contributed by atoms with E-state index in [0.29, 0.717) is 25.8 Å². The molecule has 0 aromatic rings. The number of nitrogens with two attached hydrogens (primary N) is 1. The molecule has 0 atom stereocenters. The summed E-state index contributed by atoms with van der Waals surface area (Å²) < 4.78 is 0. The first kappa shape index (κ1) is 16.0. The first-order valence-corrected chi connectivity index (χ1v) is 7.22. The third-order valence-corrected chi connectivity index (χ3v) is 3.37. The maximum atomic E-state index is 11.9. The highest BCUT2D eigenvalue weighted by Gasteiger charge is 2.16. The molecule has 1 heterocycles.